The molecule has 0 amide bonds. The van der Waals surface area contributed by atoms with Crippen molar-refractivity contribution < 1.29 is 18.0 Å². The van der Waals surface area contributed by atoms with Gasteiger partial charge in [-0.25, -0.2) is 8.78 Å². The number of nitrogens with zero attached hydrogens (tertiary/aromatic N) is 3. The topological polar surface area (TPSA) is 63.4 Å². The minimum atomic E-state index is -0.431. The van der Waals surface area contributed by atoms with Gasteiger partial charge >= 0.3 is 0 Å². The Kier molecular flexibility index (Phi) is 6.00. The maximum absolute atomic E-state index is 14.0. The van der Waals surface area contributed by atoms with Crippen LogP contribution in [0, 0.1) is 11.6 Å². The SMILES string of the molecule is COc1ccc(C2NC(=S)N(c3cccc(F)c3)C(C)=C2c2nc(-c3cccc(F)c3)no2)cc1. The predicted molar refractivity (Wildman–Crippen MR) is 133 cm³/mol. The molecule has 0 saturated heterocycles. The zero-order chi connectivity index (χ0) is 24.5. The average molecular weight is 491 g/mol. The highest BCUT2D eigenvalue weighted by Gasteiger charge is 2.35. The summed E-state index contributed by atoms with van der Waals surface area (Å²) >= 11 is 5.68. The Morgan fingerprint density at radius 2 is 1.71 bits per heavy atom. The Balaban J connectivity index is 1.65. The maximum atomic E-state index is 14.0. The number of ether oxygens (including phenoxy) is 1. The van der Waals surface area contributed by atoms with Crippen molar-refractivity contribution in [1.29, 1.82) is 0 Å². The Morgan fingerprint density at radius 3 is 2.40 bits per heavy atom. The molecule has 176 valence electrons. The van der Waals surface area contributed by atoms with Crippen LogP contribution in [-0.2, 0) is 0 Å². The summed E-state index contributed by atoms with van der Waals surface area (Å²) in [5.74, 6) is 0.407. The van der Waals surface area contributed by atoms with Gasteiger partial charge < -0.3 is 14.6 Å². The third-order valence-electron chi connectivity index (χ3n) is 5.74. The molecule has 0 bridgehead atoms. The van der Waals surface area contributed by atoms with Gasteiger partial charge in [0.15, 0.2) is 5.11 Å². The summed E-state index contributed by atoms with van der Waals surface area (Å²) < 4.78 is 38.8. The van der Waals surface area contributed by atoms with E-state index in [9.17, 15) is 8.78 Å². The molecule has 1 N–H and O–H groups in total. The van der Waals surface area contributed by atoms with Crippen molar-refractivity contribution in [3.05, 3.63) is 102 Å². The minimum Gasteiger partial charge on any atom is -0.497 e. The molecule has 4 aromatic rings. The van der Waals surface area contributed by atoms with E-state index in [0.717, 1.165) is 5.56 Å². The number of nitrogens with one attached hydrogen (secondary N) is 1. The summed E-state index contributed by atoms with van der Waals surface area (Å²) in [6.45, 7) is 1.86. The molecule has 0 saturated carbocycles. The molecule has 9 heteroatoms. The van der Waals surface area contributed by atoms with Gasteiger partial charge in [-0.3, -0.25) is 4.90 Å². The summed E-state index contributed by atoms with van der Waals surface area (Å²) in [5, 5.41) is 7.79. The lowest BCUT2D eigenvalue weighted by Crippen LogP contribution is -2.46. The van der Waals surface area contributed by atoms with Gasteiger partial charge in [0, 0.05) is 11.3 Å². The fourth-order valence-electron chi connectivity index (χ4n) is 4.07. The van der Waals surface area contributed by atoms with Gasteiger partial charge in [-0.1, -0.05) is 35.5 Å². The molecule has 3 aromatic carbocycles. The molecule has 1 aromatic heterocycles. The van der Waals surface area contributed by atoms with Crippen molar-refractivity contribution in [2.75, 3.05) is 12.0 Å². The summed E-state index contributed by atoms with van der Waals surface area (Å²) in [6.07, 6.45) is 0. The van der Waals surface area contributed by atoms with E-state index in [1.807, 2.05) is 31.2 Å². The van der Waals surface area contributed by atoms with Crippen LogP contribution in [0.4, 0.5) is 14.5 Å². The molecule has 1 atom stereocenters. The third-order valence-corrected chi connectivity index (χ3v) is 6.04. The van der Waals surface area contributed by atoms with Crippen LogP contribution in [0.15, 0.2) is 83.0 Å². The largest absolute Gasteiger partial charge is 0.497 e. The average Bonchev–Trinajstić information content (AvgIpc) is 3.34. The molecule has 2 heterocycles. The number of methoxy groups -OCH3 is 1. The van der Waals surface area contributed by atoms with E-state index in [1.54, 1.807) is 36.3 Å². The number of hydrogen-bond acceptors (Lipinski definition) is 5. The van der Waals surface area contributed by atoms with Crippen molar-refractivity contribution in [2.45, 2.75) is 13.0 Å². The number of allylic oxidation sites excluding steroid dienone is 1. The zero-order valence-electron chi connectivity index (χ0n) is 18.8. The standard InChI is InChI=1S/C26H20F2N4O2S/c1-15-22(25-30-24(31-34-25)17-5-3-6-18(27)13-17)23(16-9-11-21(33-2)12-10-16)29-26(35)32(15)20-8-4-7-19(28)14-20/h3-14,23H,1-2H3,(H,29,35). The predicted octanol–water partition coefficient (Wildman–Crippen LogP) is 5.89. The molecule has 0 fully saturated rings. The second-order valence-corrected chi connectivity index (χ2v) is 8.29. The van der Waals surface area contributed by atoms with Gasteiger partial charge in [-0.05, 0) is 67.2 Å². The van der Waals surface area contributed by atoms with Gasteiger partial charge in [0.25, 0.3) is 5.89 Å². The van der Waals surface area contributed by atoms with E-state index in [1.165, 1.54) is 24.3 Å². The van der Waals surface area contributed by atoms with Gasteiger partial charge in [0.2, 0.25) is 5.82 Å². The van der Waals surface area contributed by atoms with Gasteiger partial charge in [-0.2, -0.15) is 4.98 Å². The van der Waals surface area contributed by atoms with Gasteiger partial charge in [-0.15, -0.1) is 0 Å². The summed E-state index contributed by atoms with van der Waals surface area (Å²) in [7, 11) is 1.60. The van der Waals surface area contributed by atoms with Crippen molar-refractivity contribution >= 4 is 28.6 Å². The highest BCUT2D eigenvalue weighted by atomic mass is 32.1. The minimum absolute atomic E-state index is 0.235. The first-order chi connectivity index (χ1) is 16.9. The number of anilines is 1. The molecular weight excluding hydrogens is 470 g/mol. The smallest absolute Gasteiger partial charge is 0.258 e. The second kappa shape index (κ2) is 9.27. The van der Waals surface area contributed by atoms with E-state index in [-0.39, 0.29) is 17.5 Å². The van der Waals surface area contributed by atoms with E-state index in [0.29, 0.717) is 33.4 Å². The Bertz CT molecular complexity index is 1440. The van der Waals surface area contributed by atoms with Gasteiger partial charge in [0.05, 0.1) is 24.4 Å². The first kappa shape index (κ1) is 22.7. The quantitative estimate of drug-likeness (QED) is 0.350. The summed E-state index contributed by atoms with van der Waals surface area (Å²) in [5.41, 5.74) is 3.26. The molecule has 0 spiro atoms. The number of hydrogen-bond donors (Lipinski definition) is 1. The summed E-state index contributed by atoms with van der Waals surface area (Å²) in [4.78, 5) is 6.29. The molecular formula is C26H20F2N4O2S. The van der Waals surface area contributed by atoms with Crippen LogP contribution in [0.2, 0.25) is 0 Å². The van der Waals surface area contributed by atoms with E-state index in [4.69, 9.17) is 21.5 Å². The lowest BCUT2D eigenvalue weighted by Gasteiger charge is -2.37. The fraction of sp³-hybridized carbons (Fsp3) is 0.115. The third kappa shape index (κ3) is 4.38. The van der Waals surface area contributed by atoms with Crippen LogP contribution in [-0.4, -0.2) is 22.4 Å². The maximum Gasteiger partial charge on any atom is 0.258 e. The molecule has 0 radical (unpaired) electrons. The highest BCUT2D eigenvalue weighted by Crippen LogP contribution is 2.39. The number of halogens is 2. The Morgan fingerprint density at radius 1 is 1.00 bits per heavy atom. The highest BCUT2D eigenvalue weighted by molar-refractivity contribution is 7.80. The van der Waals surface area contributed by atoms with Crippen LogP contribution in [0.1, 0.15) is 24.4 Å². The van der Waals surface area contributed by atoms with Crippen molar-refractivity contribution in [2.24, 2.45) is 0 Å². The van der Waals surface area contributed by atoms with E-state index in [2.05, 4.69) is 15.5 Å². The van der Waals surface area contributed by atoms with Gasteiger partial charge in [0.1, 0.15) is 17.4 Å². The number of thiocarbonyl (C=S) groups is 1. The Hall–Kier alpha value is -4.11. The normalized spacial score (nSPS) is 15.8. The van der Waals surface area contributed by atoms with Crippen molar-refractivity contribution in [1.82, 2.24) is 15.5 Å². The van der Waals surface area contributed by atoms with E-state index >= 15 is 0 Å². The second-order valence-electron chi connectivity index (χ2n) is 7.90. The first-order valence-corrected chi connectivity index (χ1v) is 11.2. The van der Waals surface area contributed by atoms with Crippen molar-refractivity contribution in [3.63, 3.8) is 0 Å². The number of rotatable bonds is 5. The lowest BCUT2D eigenvalue weighted by atomic mass is 9.94. The molecule has 1 aliphatic rings. The molecule has 6 nitrogen and oxygen atoms in total. The van der Waals surface area contributed by atoms with Crippen LogP contribution >= 0.6 is 12.2 Å². The summed E-state index contributed by atoms with van der Waals surface area (Å²) in [6, 6.07) is 19.2. The van der Waals surface area contributed by atoms with Crippen LogP contribution in [0.3, 0.4) is 0 Å². The first-order valence-electron chi connectivity index (χ1n) is 10.8. The zero-order valence-corrected chi connectivity index (χ0v) is 19.6. The monoisotopic (exact) mass is 490 g/mol. The fourth-order valence-corrected chi connectivity index (χ4v) is 4.43. The van der Waals surface area contributed by atoms with Crippen LogP contribution in [0.5, 0.6) is 5.75 Å². The molecule has 5 rings (SSSR count). The molecule has 0 aliphatic carbocycles. The lowest BCUT2D eigenvalue weighted by molar-refractivity contribution is 0.404. The Labute approximate surface area is 205 Å². The van der Waals surface area contributed by atoms with Crippen molar-refractivity contribution in [3.8, 4) is 17.1 Å². The number of aromatic nitrogens is 2. The van der Waals surface area contributed by atoms with Crippen LogP contribution in [0.25, 0.3) is 17.0 Å². The van der Waals surface area contributed by atoms with E-state index < -0.39 is 11.9 Å². The molecule has 35 heavy (non-hydrogen) atoms. The number of benzene rings is 3. The van der Waals surface area contributed by atoms with Crippen LogP contribution < -0.4 is 15.0 Å². The molecule has 1 unspecified atom stereocenters. The molecule has 1 aliphatic heterocycles.